The fourth-order valence-corrected chi connectivity index (χ4v) is 4.61. The van der Waals surface area contributed by atoms with Gasteiger partial charge in [0.05, 0.1) is 12.4 Å². The van der Waals surface area contributed by atoms with Gasteiger partial charge in [0.25, 0.3) is 0 Å². The Bertz CT molecular complexity index is 987. The summed E-state index contributed by atoms with van der Waals surface area (Å²) in [6, 6.07) is 6.44. The van der Waals surface area contributed by atoms with Gasteiger partial charge in [-0.1, -0.05) is 25.1 Å². The van der Waals surface area contributed by atoms with Gasteiger partial charge in [0.15, 0.2) is 17.0 Å². The van der Waals surface area contributed by atoms with E-state index in [4.69, 9.17) is 11.6 Å². The van der Waals surface area contributed by atoms with Gasteiger partial charge >= 0.3 is 0 Å². The van der Waals surface area contributed by atoms with E-state index in [0.29, 0.717) is 22.5 Å². The smallest absolute Gasteiger partial charge is 0.226 e. The number of hydrogen-bond acceptors (Lipinski definition) is 7. The van der Waals surface area contributed by atoms with E-state index in [9.17, 15) is 14.6 Å². The van der Waals surface area contributed by atoms with E-state index in [2.05, 4.69) is 20.3 Å². The Labute approximate surface area is 163 Å². The summed E-state index contributed by atoms with van der Waals surface area (Å²) < 4.78 is 15.5. The van der Waals surface area contributed by atoms with Crippen LogP contribution in [0, 0.1) is 5.82 Å². The number of imidazole rings is 1. The monoisotopic (exact) mass is 409 g/mol. The molecule has 7 nitrogen and oxygen atoms in total. The molecule has 142 valence electrons. The normalized spacial score (nSPS) is 25.2. The highest BCUT2D eigenvalue weighted by atomic mass is 35.5. The summed E-state index contributed by atoms with van der Waals surface area (Å²) in [5.74, 6) is 0.0541. The standard InChI is InChI=1S/C17H17ClFN5O2S/c1-8-12(25)13(26)16(27-8)24-7-21-11-14(22-17(18)23-15(11)24)20-6-9-4-2-3-5-10(9)19/h2-5,7-8,12-13,16,25-26H,6H2,1H3,(H,20,22,23)/t8-,12+,13+,16+/m0/s1. The molecule has 10 heteroatoms. The zero-order valence-corrected chi connectivity index (χ0v) is 15.8. The number of aliphatic hydroxyl groups excluding tert-OH is 2. The molecule has 0 spiro atoms. The lowest BCUT2D eigenvalue weighted by molar-refractivity contribution is 0.0206. The summed E-state index contributed by atoms with van der Waals surface area (Å²) in [5, 5.41) is 22.9. The maximum atomic E-state index is 13.8. The zero-order chi connectivity index (χ0) is 19.1. The predicted molar refractivity (Wildman–Crippen MR) is 102 cm³/mol. The largest absolute Gasteiger partial charge is 0.389 e. The van der Waals surface area contributed by atoms with Gasteiger partial charge in [-0.2, -0.15) is 9.97 Å². The third kappa shape index (κ3) is 3.36. The topological polar surface area (TPSA) is 96.1 Å². The van der Waals surface area contributed by atoms with Crippen LogP contribution in [-0.2, 0) is 6.54 Å². The number of aromatic nitrogens is 4. The summed E-state index contributed by atoms with van der Waals surface area (Å²) in [6.07, 6.45) is -0.255. The second-order valence-corrected chi connectivity index (χ2v) is 8.16. The third-order valence-corrected chi connectivity index (χ3v) is 6.21. The van der Waals surface area contributed by atoms with E-state index in [1.807, 2.05) is 6.92 Å². The summed E-state index contributed by atoms with van der Waals surface area (Å²) in [7, 11) is 0. The molecule has 1 aromatic carbocycles. The Balaban J connectivity index is 1.67. The van der Waals surface area contributed by atoms with E-state index in [1.165, 1.54) is 24.2 Å². The van der Waals surface area contributed by atoms with E-state index in [1.54, 1.807) is 22.8 Å². The molecular weight excluding hydrogens is 393 g/mol. The average molecular weight is 410 g/mol. The molecule has 0 saturated carbocycles. The Morgan fingerprint density at radius 2 is 2.04 bits per heavy atom. The lowest BCUT2D eigenvalue weighted by atomic mass is 10.1. The van der Waals surface area contributed by atoms with Gasteiger partial charge in [0.2, 0.25) is 5.28 Å². The van der Waals surface area contributed by atoms with Gasteiger partial charge in [0.1, 0.15) is 17.3 Å². The molecule has 1 aliphatic rings. The SMILES string of the molecule is C[C@@H]1S[C@@H](n2cnc3c(NCc4ccccc4F)nc(Cl)nc32)[C@H](O)[C@@H]1O. The van der Waals surface area contributed by atoms with Gasteiger partial charge in [-0.25, -0.2) is 9.37 Å². The Hall–Kier alpha value is -1.94. The molecule has 3 aromatic rings. The van der Waals surface area contributed by atoms with Crippen LogP contribution >= 0.6 is 23.4 Å². The number of hydrogen-bond donors (Lipinski definition) is 3. The highest BCUT2D eigenvalue weighted by molar-refractivity contribution is 8.00. The van der Waals surface area contributed by atoms with Crippen LogP contribution in [0.1, 0.15) is 17.9 Å². The third-order valence-electron chi connectivity index (χ3n) is 4.55. The minimum absolute atomic E-state index is 0.00590. The molecule has 0 bridgehead atoms. The van der Waals surface area contributed by atoms with E-state index in [0.717, 1.165) is 0 Å². The molecule has 0 unspecified atom stereocenters. The molecule has 4 rings (SSSR count). The number of anilines is 1. The second-order valence-electron chi connectivity index (χ2n) is 6.32. The fourth-order valence-electron chi connectivity index (χ4n) is 3.08. The number of aliphatic hydroxyl groups is 2. The highest BCUT2D eigenvalue weighted by Crippen LogP contribution is 2.43. The lowest BCUT2D eigenvalue weighted by Crippen LogP contribution is -2.30. The first kappa shape index (κ1) is 18.4. The van der Waals surface area contributed by atoms with Crippen molar-refractivity contribution in [1.29, 1.82) is 0 Å². The summed E-state index contributed by atoms with van der Waals surface area (Å²) in [5.41, 5.74) is 1.38. The molecule has 0 radical (unpaired) electrons. The Kier molecular flexibility index (Phi) is 4.94. The van der Waals surface area contributed by atoms with Crippen LogP contribution in [0.4, 0.5) is 10.2 Å². The van der Waals surface area contributed by atoms with Crippen LogP contribution in [0.5, 0.6) is 0 Å². The molecule has 0 aliphatic carbocycles. The molecule has 1 saturated heterocycles. The quantitative estimate of drug-likeness (QED) is 0.570. The van der Waals surface area contributed by atoms with Crippen LogP contribution in [0.25, 0.3) is 11.2 Å². The van der Waals surface area contributed by atoms with Crippen molar-refractivity contribution < 1.29 is 14.6 Å². The molecule has 27 heavy (non-hydrogen) atoms. The van der Waals surface area contributed by atoms with Crippen LogP contribution in [0.3, 0.4) is 0 Å². The number of fused-ring (bicyclic) bond motifs is 1. The zero-order valence-electron chi connectivity index (χ0n) is 14.3. The minimum atomic E-state index is -0.953. The van der Waals surface area contributed by atoms with E-state index >= 15 is 0 Å². The van der Waals surface area contributed by atoms with Gasteiger partial charge in [-0.3, -0.25) is 4.57 Å². The van der Waals surface area contributed by atoms with Gasteiger partial charge in [-0.05, 0) is 17.7 Å². The van der Waals surface area contributed by atoms with Crippen molar-refractivity contribution in [3.8, 4) is 0 Å². The van der Waals surface area contributed by atoms with Crippen molar-refractivity contribution >= 4 is 40.3 Å². The number of thioether (sulfide) groups is 1. The van der Waals surface area contributed by atoms with E-state index < -0.39 is 17.6 Å². The van der Waals surface area contributed by atoms with Crippen LogP contribution < -0.4 is 5.32 Å². The van der Waals surface area contributed by atoms with Crippen LogP contribution in [0.15, 0.2) is 30.6 Å². The Morgan fingerprint density at radius 3 is 2.74 bits per heavy atom. The lowest BCUT2D eigenvalue weighted by Gasteiger charge is -2.17. The number of benzene rings is 1. The molecule has 4 atom stereocenters. The number of halogens is 2. The first-order valence-corrected chi connectivity index (χ1v) is 9.66. The fraction of sp³-hybridized carbons (Fsp3) is 0.353. The van der Waals surface area contributed by atoms with Crippen LogP contribution in [-0.4, -0.2) is 47.2 Å². The summed E-state index contributed by atoms with van der Waals surface area (Å²) >= 11 is 7.50. The van der Waals surface area contributed by atoms with Crippen molar-refractivity contribution in [3.05, 3.63) is 47.3 Å². The molecule has 2 aromatic heterocycles. The molecule has 3 heterocycles. The molecule has 3 N–H and O–H groups in total. The highest BCUT2D eigenvalue weighted by Gasteiger charge is 2.41. The number of nitrogens with zero attached hydrogens (tertiary/aromatic N) is 4. The summed E-state index contributed by atoms with van der Waals surface area (Å²) in [4.78, 5) is 12.7. The van der Waals surface area contributed by atoms with Crippen molar-refractivity contribution in [2.24, 2.45) is 0 Å². The molecule has 1 aliphatic heterocycles. The van der Waals surface area contributed by atoms with Gasteiger partial charge < -0.3 is 15.5 Å². The van der Waals surface area contributed by atoms with Crippen LogP contribution in [0.2, 0.25) is 5.28 Å². The first-order chi connectivity index (χ1) is 13.0. The first-order valence-electron chi connectivity index (χ1n) is 8.34. The molecular formula is C17H17ClFN5O2S. The summed E-state index contributed by atoms with van der Waals surface area (Å²) in [6.45, 7) is 2.06. The van der Waals surface area contributed by atoms with Crippen molar-refractivity contribution in [2.45, 2.75) is 36.3 Å². The maximum Gasteiger partial charge on any atom is 0.226 e. The maximum absolute atomic E-state index is 13.8. The van der Waals surface area contributed by atoms with Gasteiger partial charge in [-0.15, -0.1) is 11.8 Å². The predicted octanol–water partition coefficient (Wildman–Crippen LogP) is 2.59. The second kappa shape index (κ2) is 7.23. The van der Waals surface area contributed by atoms with E-state index in [-0.39, 0.29) is 22.9 Å². The molecule has 1 fully saturated rings. The van der Waals surface area contributed by atoms with Crippen molar-refractivity contribution in [2.75, 3.05) is 5.32 Å². The average Bonchev–Trinajstić information content (AvgIpc) is 3.17. The molecule has 0 amide bonds. The minimum Gasteiger partial charge on any atom is -0.389 e. The Morgan fingerprint density at radius 1 is 1.26 bits per heavy atom. The van der Waals surface area contributed by atoms with Gasteiger partial charge in [0, 0.05) is 17.4 Å². The number of rotatable bonds is 4. The van der Waals surface area contributed by atoms with Crippen molar-refractivity contribution in [1.82, 2.24) is 19.5 Å². The van der Waals surface area contributed by atoms with Crippen molar-refractivity contribution in [3.63, 3.8) is 0 Å². The number of nitrogens with one attached hydrogen (secondary N) is 1.